The standard InChI is InChI=1S/C22H26N2O4S/c1-4-13-23-20-18-7-5-6-8-19(18)28-22(25)21(20)24-29(26,27)17-11-9-16(10-12-17)14-15(2)3/h5-12,15,23-24H,4,13-14H2,1-3H3. The van der Waals surface area contributed by atoms with Gasteiger partial charge in [-0.1, -0.05) is 45.0 Å². The maximum absolute atomic E-state index is 12.9. The molecular formula is C22H26N2O4S. The fourth-order valence-electron chi connectivity index (χ4n) is 3.15. The molecule has 0 fully saturated rings. The molecule has 0 aliphatic carbocycles. The van der Waals surface area contributed by atoms with Crippen LogP contribution in [-0.2, 0) is 16.4 Å². The second-order valence-electron chi connectivity index (χ2n) is 7.41. The van der Waals surface area contributed by atoms with Crippen molar-refractivity contribution in [1.82, 2.24) is 0 Å². The van der Waals surface area contributed by atoms with E-state index in [0.717, 1.165) is 18.4 Å². The zero-order valence-corrected chi connectivity index (χ0v) is 17.7. The lowest BCUT2D eigenvalue weighted by Gasteiger charge is -2.15. The largest absolute Gasteiger partial charge is 0.421 e. The molecule has 7 heteroatoms. The molecule has 154 valence electrons. The van der Waals surface area contributed by atoms with E-state index in [2.05, 4.69) is 23.9 Å². The van der Waals surface area contributed by atoms with Crippen LogP contribution in [0.2, 0.25) is 0 Å². The molecule has 0 unspecified atom stereocenters. The molecule has 0 aliphatic rings. The quantitative estimate of drug-likeness (QED) is 0.525. The molecule has 29 heavy (non-hydrogen) atoms. The van der Waals surface area contributed by atoms with Gasteiger partial charge in [-0.2, -0.15) is 0 Å². The summed E-state index contributed by atoms with van der Waals surface area (Å²) in [5.41, 5.74) is 1.05. The van der Waals surface area contributed by atoms with Gasteiger partial charge in [-0.25, -0.2) is 13.2 Å². The highest BCUT2D eigenvalue weighted by atomic mass is 32.2. The van der Waals surface area contributed by atoms with E-state index in [0.29, 0.717) is 29.1 Å². The average Bonchev–Trinajstić information content (AvgIpc) is 2.67. The van der Waals surface area contributed by atoms with Gasteiger partial charge in [-0.05, 0) is 48.6 Å². The van der Waals surface area contributed by atoms with E-state index in [9.17, 15) is 13.2 Å². The SMILES string of the molecule is CCCNc1c(NS(=O)(=O)c2ccc(CC(C)C)cc2)c(=O)oc2ccccc12. The molecule has 0 amide bonds. The third kappa shape index (κ3) is 4.79. The molecule has 3 aromatic rings. The topological polar surface area (TPSA) is 88.4 Å². The van der Waals surface area contributed by atoms with Crippen LogP contribution in [0.5, 0.6) is 0 Å². The maximum Gasteiger partial charge on any atom is 0.363 e. The first-order chi connectivity index (χ1) is 13.8. The van der Waals surface area contributed by atoms with Crippen LogP contribution in [0.4, 0.5) is 11.4 Å². The zero-order chi connectivity index (χ0) is 21.0. The second kappa shape index (κ2) is 8.69. The lowest BCUT2D eigenvalue weighted by molar-refractivity contribution is 0.563. The molecule has 0 aliphatic heterocycles. The van der Waals surface area contributed by atoms with Gasteiger partial charge in [0.05, 0.1) is 10.6 Å². The number of rotatable bonds is 8. The number of hydrogen-bond donors (Lipinski definition) is 2. The lowest BCUT2D eigenvalue weighted by atomic mass is 10.0. The van der Waals surface area contributed by atoms with Crippen LogP contribution in [0.15, 0.2) is 62.6 Å². The number of sulfonamides is 1. The Morgan fingerprint density at radius 1 is 1.00 bits per heavy atom. The van der Waals surface area contributed by atoms with Crippen molar-refractivity contribution in [1.29, 1.82) is 0 Å². The minimum atomic E-state index is -3.95. The summed E-state index contributed by atoms with van der Waals surface area (Å²) in [6, 6.07) is 13.8. The predicted molar refractivity (Wildman–Crippen MR) is 117 cm³/mol. The highest BCUT2D eigenvalue weighted by Gasteiger charge is 2.21. The molecule has 3 rings (SSSR count). The van der Waals surface area contributed by atoms with Crippen LogP contribution in [0.1, 0.15) is 32.8 Å². The first-order valence-corrected chi connectivity index (χ1v) is 11.2. The monoisotopic (exact) mass is 414 g/mol. The molecular weight excluding hydrogens is 388 g/mol. The minimum Gasteiger partial charge on any atom is -0.421 e. The summed E-state index contributed by atoms with van der Waals surface area (Å²) in [6.45, 7) is 6.79. The van der Waals surface area contributed by atoms with E-state index in [1.807, 2.05) is 13.0 Å². The third-order valence-corrected chi connectivity index (χ3v) is 5.84. The summed E-state index contributed by atoms with van der Waals surface area (Å²) in [7, 11) is -3.95. The molecule has 0 atom stereocenters. The summed E-state index contributed by atoms with van der Waals surface area (Å²) in [5, 5.41) is 3.81. The maximum atomic E-state index is 12.9. The van der Waals surface area contributed by atoms with Gasteiger partial charge in [0.25, 0.3) is 10.0 Å². The molecule has 0 spiro atoms. The first kappa shape index (κ1) is 20.9. The molecule has 0 saturated carbocycles. The molecule has 2 aromatic carbocycles. The Hall–Kier alpha value is -2.80. The summed E-state index contributed by atoms with van der Waals surface area (Å²) in [4.78, 5) is 12.7. The van der Waals surface area contributed by atoms with Crippen molar-refractivity contribution in [2.75, 3.05) is 16.6 Å². The van der Waals surface area contributed by atoms with Gasteiger partial charge in [0.1, 0.15) is 5.58 Å². The number of anilines is 2. The van der Waals surface area contributed by atoms with Crippen molar-refractivity contribution in [3.8, 4) is 0 Å². The number of benzene rings is 2. The lowest BCUT2D eigenvalue weighted by Crippen LogP contribution is -2.21. The number of fused-ring (bicyclic) bond motifs is 1. The van der Waals surface area contributed by atoms with E-state index < -0.39 is 15.6 Å². The highest BCUT2D eigenvalue weighted by molar-refractivity contribution is 7.92. The molecule has 1 heterocycles. The van der Waals surface area contributed by atoms with Gasteiger partial charge >= 0.3 is 5.63 Å². The van der Waals surface area contributed by atoms with Crippen LogP contribution >= 0.6 is 0 Å². The van der Waals surface area contributed by atoms with E-state index in [1.54, 1.807) is 42.5 Å². The van der Waals surface area contributed by atoms with Gasteiger partial charge in [0.2, 0.25) is 0 Å². The van der Waals surface area contributed by atoms with E-state index in [-0.39, 0.29) is 10.6 Å². The van der Waals surface area contributed by atoms with Crippen LogP contribution in [0.3, 0.4) is 0 Å². The van der Waals surface area contributed by atoms with E-state index >= 15 is 0 Å². The summed E-state index contributed by atoms with van der Waals surface area (Å²) < 4.78 is 33.6. The number of hydrogen-bond acceptors (Lipinski definition) is 5. The number of para-hydroxylation sites is 1. The fraction of sp³-hybridized carbons (Fsp3) is 0.318. The Labute approximate surface area is 171 Å². The molecule has 0 bridgehead atoms. The van der Waals surface area contributed by atoms with Crippen LogP contribution in [-0.4, -0.2) is 15.0 Å². The van der Waals surface area contributed by atoms with Crippen LogP contribution < -0.4 is 15.7 Å². The molecule has 0 saturated heterocycles. The third-order valence-electron chi connectivity index (χ3n) is 4.48. The van der Waals surface area contributed by atoms with E-state index in [4.69, 9.17) is 4.42 Å². The summed E-state index contributed by atoms with van der Waals surface area (Å²) in [6.07, 6.45) is 1.69. The van der Waals surface area contributed by atoms with Gasteiger partial charge in [0, 0.05) is 11.9 Å². The van der Waals surface area contributed by atoms with Gasteiger partial charge in [-0.3, -0.25) is 4.72 Å². The van der Waals surface area contributed by atoms with Gasteiger partial charge in [0.15, 0.2) is 5.69 Å². The predicted octanol–water partition coefficient (Wildman–Crippen LogP) is 4.61. The average molecular weight is 415 g/mol. The molecule has 1 aromatic heterocycles. The van der Waals surface area contributed by atoms with Crippen molar-refractivity contribution >= 4 is 32.4 Å². The molecule has 0 radical (unpaired) electrons. The van der Waals surface area contributed by atoms with Crippen molar-refractivity contribution in [3.05, 3.63) is 64.5 Å². The fourth-order valence-corrected chi connectivity index (χ4v) is 4.21. The second-order valence-corrected chi connectivity index (χ2v) is 9.09. The summed E-state index contributed by atoms with van der Waals surface area (Å²) in [5.74, 6) is 0.477. The van der Waals surface area contributed by atoms with Crippen molar-refractivity contribution in [2.45, 2.75) is 38.5 Å². The zero-order valence-electron chi connectivity index (χ0n) is 16.9. The van der Waals surface area contributed by atoms with E-state index in [1.165, 1.54) is 0 Å². The molecule has 2 N–H and O–H groups in total. The molecule has 6 nitrogen and oxygen atoms in total. The van der Waals surface area contributed by atoms with Gasteiger partial charge < -0.3 is 9.73 Å². The van der Waals surface area contributed by atoms with Crippen LogP contribution in [0, 0.1) is 5.92 Å². The Balaban J connectivity index is 2.02. The van der Waals surface area contributed by atoms with Gasteiger partial charge in [-0.15, -0.1) is 0 Å². The smallest absolute Gasteiger partial charge is 0.363 e. The number of nitrogens with one attached hydrogen (secondary N) is 2. The minimum absolute atomic E-state index is 0.0963. The Morgan fingerprint density at radius 3 is 2.34 bits per heavy atom. The Morgan fingerprint density at radius 2 is 1.69 bits per heavy atom. The van der Waals surface area contributed by atoms with Crippen molar-refractivity contribution in [2.24, 2.45) is 5.92 Å². The summed E-state index contributed by atoms with van der Waals surface area (Å²) >= 11 is 0. The van der Waals surface area contributed by atoms with Crippen molar-refractivity contribution < 1.29 is 12.8 Å². The normalized spacial score (nSPS) is 11.7. The van der Waals surface area contributed by atoms with Crippen molar-refractivity contribution in [3.63, 3.8) is 0 Å². The Kier molecular flexibility index (Phi) is 6.27. The first-order valence-electron chi connectivity index (χ1n) is 9.73. The Bertz CT molecular complexity index is 1150. The highest BCUT2D eigenvalue weighted by Crippen LogP contribution is 2.30. The van der Waals surface area contributed by atoms with Crippen LogP contribution in [0.25, 0.3) is 11.0 Å².